The van der Waals surface area contributed by atoms with E-state index in [4.69, 9.17) is 27.9 Å². The van der Waals surface area contributed by atoms with Gasteiger partial charge < -0.3 is 15.0 Å². The summed E-state index contributed by atoms with van der Waals surface area (Å²) in [5.74, 6) is 0.322. The largest absolute Gasteiger partial charge is 0.497 e. The molecule has 1 atom stereocenters. The molecule has 3 rings (SSSR count). The molecule has 2 aromatic rings. The van der Waals surface area contributed by atoms with Gasteiger partial charge in [-0.05, 0) is 55.2 Å². The summed E-state index contributed by atoms with van der Waals surface area (Å²) in [6.45, 7) is 0.636. The second-order valence-electron chi connectivity index (χ2n) is 6.75. The Kier molecular flexibility index (Phi) is 6.81. The lowest BCUT2D eigenvalue weighted by molar-refractivity contribution is -0.130. The number of methoxy groups -OCH3 is 1. The first-order chi connectivity index (χ1) is 13.5. The number of amides is 2. The molecule has 28 heavy (non-hydrogen) atoms. The second kappa shape index (κ2) is 9.30. The first-order valence-electron chi connectivity index (χ1n) is 9.13. The van der Waals surface area contributed by atoms with Crippen molar-refractivity contribution in [3.05, 3.63) is 63.6 Å². The number of hydrogen-bond acceptors (Lipinski definition) is 3. The lowest BCUT2D eigenvalue weighted by atomic mass is 10.0. The van der Waals surface area contributed by atoms with Crippen molar-refractivity contribution in [2.45, 2.75) is 25.3 Å². The van der Waals surface area contributed by atoms with Crippen molar-refractivity contribution in [1.29, 1.82) is 0 Å². The normalized spacial score (nSPS) is 16.1. The van der Waals surface area contributed by atoms with Crippen molar-refractivity contribution in [1.82, 2.24) is 10.2 Å². The standard InChI is InChI=1S/C21H22Cl2N2O3/c1-28-17-6-2-4-14(11-17)10-16-5-3-9-25(16)20(26)13-24-21(27)18-8-7-15(22)12-19(18)23/h2,4,6-8,11-12,16H,3,5,9-10,13H2,1H3,(H,24,27). The van der Waals surface area contributed by atoms with Gasteiger partial charge in [-0.2, -0.15) is 0 Å². The SMILES string of the molecule is COc1cccc(CC2CCCN2C(=O)CNC(=O)c2ccc(Cl)cc2Cl)c1. The van der Waals surface area contributed by atoms with Crippen LogP contribution in [0.25, 0.3) is 0 Å². The smallest absolute Gasteiger partial charge is 0.253 e. The van der Waals surface area contributed by atoms with E-state index in [2.05, 4.69) is 5.32 Å². The van der Waals surface area contributed by atoms with Crippen LogP contribution in [0.2, 0.25) is 10.0 Å². The Morgan fingerprint density at radius 3 is 2.79 bits per heavy atom. The van der Waals surface area contributed by atoms with Gasteiger partial charge in [-0.25, -0.2) is 0 Å². The summed E-state index contributed by atoms with van der Waals surface area (Å²) < 4.78 is 5.27. The van der Waals surface area contributed by atoms with Crippen LogP contribution in [0.15, 0.2) is 42.5 Å². The summed E-state index contributed by atoms with van der Waals surface area (Å²) in [6, 6.07) is 12.6. The number of rotatable bonds is 6. The summed E-state index contributed by atoms with van der Waals surface area (Å²) in [6.07, 6.45) is 2.66. The van der Waals surface area contributed by atoms with Crippen molar-refractivity contribution in [3.8, 4) is 5.75 Å². The van der Waals surface area contributed by atoms with E-state index in [0.29, 0.717) is 17.1 Å². The second-order valence-corrected chi connectivity index (χ2v) is 7.59. The van der Waals surface area contributed by atoms with E-state index in [9.17, 15) is 9.59 Å². The van der Waals surface area contributed by atoms with Crippen LogP contribution in [0.4, 0.5) is 0 Å². The number of halogens is 2. The maximum absolute atomic E-state index is 12.7. The molecule has 1 N–H and O–H groups in total. The van der Waals surface area contributed by atoms with Gasteiger partial charge in [0.2, 0.25) is 5.91 Å². The van der Waals surface area contributed by atoms with Crippen LogP contribution in [0.1, 0.15) is 28.8 Å². The van der Waals surface area contributed by atoms with Gasteiger partial charge in [0.25, 0.3) is 5.91 Å². The molecule has 0 spiro atoms. The number of nitrogens with zero attached hydrogens (tertiary/aromatic N) is 1. The fraction of sp³-hybridized carbons (Fsp3) is 0.333. The molecule has 0 aromatic heterocycles. The number of nitrogens with one attached hydrogen (secondary N) is 1. The summed E-state index contributed by atoms with van der Waals surface area (Å²) in [7, 11) is 1.64. The minimum absolute atomic E-state index is 0.0631. The highest BCUT2D eigenvalue weighted by molar-refractivity contribution is 6.36. The molecule has 1 saturated heterocycles. The zero-order valence-corrected chi connectivity index (χ0v) is 17.1. The molecule has 1 aliphatic rings. The first-order valence-corrected chi connectivity index (χ1v) is 9.89. The van der Waals surface area contributed by atoms with Crippen LogP contribution in [0.5, 0.6) is 5.75 Å². The van der Waals surface area contributed by atoms with E-state index in [1.54, 1.807) is 19.2 Å². The van der Waals surface area contributed by atoms with Gasteiger partial charge in [0.05, 0.1) is 24.2 Å². The van der Waals surface area contributed by atoms with Gasteiger partial charge in [0, 0.05) is 17.6 Å². The highest BCUT2D eigenvalue weighted by atomic mass is 35.5. The van der Waals surface area contributed by atoms with Gasteiger partial charge in [0.1, 0.15) is 5.75 Å². The average molecular weight is 421 g/mol. The van der Waals surface area contributed by atoms with E-state index in [-0.39, 0.29) is 23.5 Å². The third-order valence-corrected chi connectivity index (χ3v) is 5.43. The van der Waals surface area contributed by atoms with Crippen LogP contribution >= 0.6 is 23.2 Å². The van der Waals surface area contributed by atoms with Crippen LogP contribution in [-0.2, 0) is 11.2 Å². The Hall–Kier alpha value is -2.24. The predicted octanol–water partition coefficient (Wildman–Crippen LogP) is 3.97. The summed E-state index contributed by atoms with van der Waals surface area (Å²) in [4.78, 5) is 26.8. The number of ether oxygens (including phenoxy) is 1. The van der Waals surface area contributed by atoms with E-state index in [1.165, 1.54) is 6.07 Å². The summed E-state index contributed by atoms with van der Waals surface area (Å²) in [5, 5.41) is 3.37. The van der Waals surface area contributed by atoms with Crippen molar-refractivity contribution in [3.63, 3.8) is 0 Å². The average Bonchev–Trinajstić information content (AvgIpc) is 3.14. The van der Waals surface area contributed by atoms with E-state index in [0.717, 1.165) is 30.6 Å². The molecule has 148 valence electrons. The third kappa shape index (κ3) is 4.97. The Bertz CT molecular complexity index is 872. The van der Waals surface area contributed by atoms with Crippen LogP contribution in [0, 0.1) is 0 Å². The molecule has 1 heterocycles. The first kappa shape index (κ1) is 20.5. The molecule has 0 saturated carbocycles. The van der Waals surface area contributed by atoms with Gasteiger partial charge >= 0.3 is 0 Å². The van der Waals surface area contributed by atoms with Crippen molar-refractivity contribution >= 4 is 35.0 Å². The number of carbonyl (C=O) groups excluding carboxylic acids is 2. The van der Waals surface area contributed by atoms with Crippen LogP contribution < -0.4 is 10.1 Å². The lowest BCUT2D eigenvalue weighted by Crippen LogP contribution is -2.43. The van der Waals surface area contributed by atoms with Crippen molar-refractivity contribution < 1.29 is 14.3 Å². The molecule has 2 aromatic carbocycles. The monoisotopic (exact) mass is 420 g/mol. The fourth-order valence-electron chi connectivity index (χ4n) is 3.47. The van der Waals surface area contributed by atoms with Gasteiger partial charge in [-0.1, -0.05) is 35.3 Å². The maximum Gasteiger partial charge on any atom is 0.253 e. The molecule has 0 bridgehead atoms. The highest BCUT2D eigenvalue weighted by Crippen LogP contribution is 2.24. The number of benzene rings is 2. The molecule has 1 fully saturated rings. The molecule has 1 unspecified atom stereocenters. The summed E-state index contributed by atoms with van der Waals surface area (Å²) in [5.41, 5.74) is 1.43. The van der Waals surface area contributed by atoms with Crippen LogP contribution in [0.3, 0.4) is 0 Å². The molecular formula is C21H22Cl2N2O3. The Labute approximate surface area is 174 Å². The van der Waals surface area contributed by atoms with Gasteiger partial charge in [-0.15, -0.1) is 0 Å². The minimum Gasteiger partial charge on any atom is -0.497 e. The van der Waals surface area contributed by atoms with Crippen molar-refractivity contribution in [2.24, 2.45) is 0 Å². The number of carbonyl (C=O) groups is 2. The van der Waals surface area contributed by atoms with E-state index >= 15 is 0 Å². The summed E-state index contributed by atoms with van der Waals surface area (Å²) >= 11 is 11.9. The maximum atomic E-state index is 12.7. The fourth-order valence-corrected chi connectivity index (χ4v) is 3.97. The van der Waals surface area contributed by atoms with E-state index in [1.807, 2.05) is 29.2 Å². The van der Waals surface area contributed by atoms with Gasteiger partial charge in [0.15, 0.2) is 0 Å². The molecule has 7 heteroatoms. The Morgan fingerprint density at radius 1 is 1.21 bits per heavy atom. The quantitative estimate of drug-likeness (QED) is 0.768. The molecule has 5 nitrogen and oxygen atoms in total. The molecule has 1 aliphatic heterocycles. The topological polar surface area (TPSA) is 58.6 Å². The lowest BCUT2D eigenvalue weighted by Gasteiger charge is -2.25. The minimum atomic E-state index is -0.390. The zero-order valence-electron chi connectivity index (χ0n) is 15.6. The molecule has 0 radical (unpaired) electrons. The van der Waals surface area contributed by atoms with E-state index < -0.39 is 5.91 Å². The van der Waals surface area contributed by atoms with Gasteiger partial charge in [-0.3, -0.25) is 9.59 Å². The number of likely N-dealkylation sites (tertiary alicyclic amines) is 1. The molecule has 2 amide bonds. The molecule has 0 aliphatic carbocycles. The molecular weight excluding hydrogens is 399 g/mol. The van der Waals surface area contributed by atoms with Crippen LogP contribution in [-0.4, -0.2) is 43.0 Å². The zero-order chi connectivity index (χ0) is 20.1. The van der Waals surface area contributed by atoms with Crippen molar-refractivity contribution in [2.75, 3.05) is 20.2 Å². The third-order valence-electron chi connectivity index (χ3n) is 4.88. The highest BCUT2D eigenvalue weighted by Gasteiger charge is 2.29. The Morgan fingerprint density at radius 2 is 2.04 bits per heavy atom. The Balaban J connectivity index is 1.59. The predicted molar refractivity (Wildman–Crippen MR) is 110 cm³/mol. The number of hydrogen-bond donors (Lipinski definition) is 1.